The maximum Gasteiger partial charge on any atom is 0.321 e. The number of aliphatic hydroxyl groups excluding tert-OH is 1. The minimum Gasteiger partial charge on any atom is -0.480 e. The largest absolute Gasteiger partial charge is 0.480 e. The van der Waals surface area contributed by atoms with Gasteiger partial charge in [-0.05, 0) is 24.6 Å². The Labute approximate surface area is 120 Å². The molecule has 1 unspecified atom stereocenters. The van der Waals surface area contributed by atoms with Crippen molar-refractivity contribution in [1.82, 2.24) is 4.72 Å². The highest BCUT2D eigenvalue weighted by molar-refractivity contribution is 7.89. The van der Waals surface area contributed by atoms with Gasteiger partial charge in [0.2, 0.25) is 10.0 Å². The minimum atomic E-state index is -4.24. The Bertz CT molecular complexity index is 653. The molecule has 0 aliphatic carbocycles. The van der Waals surface area contributed by atoms with Crippen LogP contribution in [-0.2, 0) is 14.8 Å². The highest BCUT2D eigenvalue weighted by Gasteiger charge is 2.27. The Kier molecular flexibility index (Phi) is 5.47. The van der Waals surface area contributed by atoms with E-state index in [0.717, 1.165) is 6.07 Å². The standard InChI is InChI=1S/C11H11ClN2O5S/c12-8-2-1-7(6-13)10(5-8)20(18,19)14-9(3-4-15)11(16)17/h1-2,5,9,14-15H,3-4H2,(H,16,17). The highest BCUT2D eigenvalue weighted by atomic mass is 35.5. The van der Waals surface area contributed by atoms with Gasteiger partial charge in [0, 0.05) is 11.6 Å². The van der Waals surface area contributed by atoms with Crippen LogP contribution in [-0.4, -0.2) is 37.2 Å². The fourth-order valence-corrected chi connectivity index (χ4v) is 3.07. The van der Waals surface area contributed by atoms with Gasteiger partial charge in [0.1, 0.15) is 17.0 Å². The molecule has 20 heavy (non-hydrogen) atoms. The molecule has 1 aromatic rings. The van der Waals surface area contributed by atoms with Crippen molar-refractivity contribution in [3.05, 3.63) is 28.8 Å². The molecule has 0 amide bonds. The molecule has 0 spiro atoms. The first-order chi connectivity index (χ1) is 9.31. The lowest BCUT2D eigenvalue weighted by molar-refractivity contribution is -0.139. The Morgan fingerprint density at radius 3 is 2.65 bits per heavy atom. The fraction of sp³-hybridized carbons (Fsp3) is 0.273. The molecule has 0 saturated heterocycles. The van der Waals surface area contributed by atoms with Crippen LogP contribution in [0.1, 0.15) is 12.0 Å². The second kappa shape index (κ2) is 6.67. The van der Waals surface area contributed by atoms with Crippen LogP contribution in [0.4, 0.5) is 0 Å². The third kappa shape index (κ3) is 3.91. The first-order valence-electron chi connectivity index (χ1n) is 5.37. The van der Waals surface area contributed by atoms with Crippen LogP contribution in [0.25, 0.3) is 0 Å². The van der Waals surface area contributed by atoms with Crippen LogP contribution in [0, 0.1) is 11.3 Å². The lowest BCUT2D eigenvalue weighted by atomic mass is 10.2. The average Bonchev–Trinajstić information content (AvgIpc) is 2.38. The fourth-order valence-electron chi connectivity index (χ4n) is 1.42. The third-order valence-electron chi connectivity index (χ3n) is 2.37. The summed E-state index contributed by atoms with van der Waals surface area (Å²) in [7, 11) is -4.24. The number of aliphatic hydroxyl groups is 1. The number of aliphatic carboxylic acids is 1. The summed E-state index contributed by atoms with van der Waals surface area (Å²) >= 11 is 5.68. The van der Waals surface area contributed by atoms with Gasteiger partial charge in [0.15, 0.2) is 0 Å². The number of hydrogen-bond acceptors (Lipinski definition) is 5. The summed E-state index contributed by atoms with van der Waals surface area (Å²) in [5.74, 6) is -1.43. The molecule has 0 bridgehead atoms. The second-order valence-electron chi connectivity index (χ2n) is 3.78. The second-order valence-corrected chi connectivity index (χ2v) is 5.90. The predicted molar refractivity (Wildman–Crippen MR) is 69.6 cm³/mol. The van der Waals surface area contributed by atoms with E-state index in [-0.39, 0.29) is 17.0 Å². The zero-order valence-electron chi connectivity index (χ0n) is 10.1. The molecule has 1 atom stereocenters. The van der Waals surface area contributed by atoms with Crippen molar-refractivity contribution < 1.29 is 23.4 Å². The molecule has 0 aliphatic rings. The van der Waals surface area contributed by atoms with E-state index in [2.05, 4.69) is 0 Å². The Hall–Kier alpha value is -1.66. The molecule has 108 valence electrons. The number of carboxylic acid groups (broad SMARTS) is 1. The number of nitriles is 1. The molecule has 0 heterocycles. The Morgan fingerprint density at radius 2 is 2.15 bits per heavy atom. The molecule has 9 heteroatoms. The molecule has 0 aliphatic heterocycles. The minimum absolute atomic E-state index is 0.0957. The number of rotatable bonds is 6. The molecular formula is C11H11ClN2O5S. The number of carbonyl (C=O) groups is 1. The molecule has 1 aromatic carbocycles. The summed E-state index contributed by atoms with van der Waals surface area (Å²) < 4.78 is 26.1. The van der Waals surface area contributed by atoms with Crippen molar-refractivity contribution in [2.45, 2.75) is 17.4 Å². The molecule has 0 fully saturated rings. The summed E-state index contributed by atoms with van der Waals surface area (Å²) in [6.45, 7) is -0.500. The summed E-state index contributed by atoms with van der Waals surface area (Å²) in [5.41, 5.74) is -0.157. The van der Waals surface area contributed by atoms with E-state index < -0.39 is 33.5 Å². The van der Waals surface area contributed by atoms with E-state index in [0.29, 0.717) is 0 Å². The van der Waals surface area contributed by atoms with Gasteiger partial charge in [-0.25, -0.2) is 8.42 Å². The number of nitrogens with one attached hydrogen (secondary N) is 1. The first kappa shape index (κ1) is 16.4. The molecule has 0 aromatic heterocycles. The van der Waals surface area contributed by atoms with Crippen LogP contribution in [0.5, 0.6) is 0 Å². The maximum atomic E-state index is 12.1. The Balaban J connectivity index is 3.20. The summed E-state index contributed by atoms with van der Waals surface area (Å²) in [4.78, 5) is 10.5. The van der Waals surface area contributed by atoms with Crippen molar-refractivity contribution in [3.8, 4) is 6.07 Å². The zero-order valence-corrected chi connectivity index (χ0v) is 11.6. The lowest BCUT2D eigenvalue weighted by Crippen LogP contribution is -2.41. The molecule has 3 N–H and O–H groups in total. The maximum absolute atomic E-state index is 12.1. The van der Waals surface area contributed by atoms with Gasteiger partial charge >= 0.3 is 5.97 Å². The molecular weight excluding hydrogens is 308 g/mol. The molecule has 0 saturated carbocycles. The highest BCUT2D eigenvalue weighted by Crippen LogP contribution is 2.20. The average molecular weight is 319 g/mol. The Morgan fingerprint density at radius 1 is 1.50 bits per heavy atom. The van der Waals surface area contributed by atoms with Crippen molar-refractivity contribution in [2.75, 3.05) is 6.61 Å². The van der Waals surface area contributed by atoms with Crippen molar-refractivity contribution in [3.63, 3.8) is 0 Å². The third-order valence-corrected chi connectivity index (χ3v) is 4.11. The molecule has 7 nitrogen and oxygen atoms in total. The molecule has 1 rings (SSSR count). The van der Waals surface area contributed by atoms with Gasteiger partial charge in [-0.2, -0.15) is 9.98 Å². The van der Waals surface area contributed by atoms with Crippen molar-refractivity contribution >= 4 is 27.6 Å². The number of benzene rings is 1. The predicted octanol–water partition coefficient (Wildman–Crippen LogP) is 0.326. The molecule has 0 radical (unpaired) electrons. The SMILES string of the molecule is N#Cc1ccc(Cl)cc1S(=O)(=O)NC(CCO)C(=O)O. The van der Waals surface area contributed by atoms with Gasteiger partial charge in [-0.15, -0.1) is 0 Å². The van der Waals surface area contributed by atoms with Crippen molar-refractivity contribution in [1.29, 1.82) is 5.26 Å². The lowest BCUT2D eigenvalue weighted by Gasteiger charge is -2.14. The van der Waals surface area contributed by atoms with E-state index in [9.17, 15) is 13.2 Å². The van der Waals surface area contributed by atoms with Gasteiger partial charge in [0.05, 0.1) is 5.56 Å². The van der Waals surface area contributed by atoms with Crippen LogP contribution < -0.4 is 4.72 Å². The summed E-state index contributed by atoms with van der Waals surface area (Å²) in [6, 6.07) is 3.82. The number of halogens is 1. The number of nitrogens with zero attached hydrogens (tertiary/aromatic N) is 1. The van der Waals surface area contributed by atoms with Gasteiger partial charge in [-0.3, -0.25) is 4.79 Å². The summed E-state index contributed by atoms with van der Waals surface area (Å²) in [5, 5.41) is 26.6. The number of carboxylic acids is 1. The topological polar surface area (TPSA) is 127 Å². The number of sulfonamides is 1. The smallest absolute Gasteiger partial charge is 0.321 e. The monoisotopic (exact) mass is 318 g/mol. The van der Waals surface area contributed by atoms with Crippen molar-refractivity contribution in [2.24, 2.45) is 0 Å². The van der Waals surface area contributed by atoms with Gasteiger partial charge < -0.3 is 10.2 Å². The normalized spacial score (nSPS) is 12.7. The van der Waals surface area contributed by atoms with Gasteiger partial charge in [-0.1, -0.05) is 11.6 Å². The van der Waals surface area contributed by atoms with E-state index in [1.807, 2.05) is 4.72 Å². The van der Waals surface area contributed by atoms with Crippen LogP contribution in [0.3, 0.4) is 0 Å². The van der Waals surface area contributed by atoms with E-state index in [1.165, 1.54) is 12.1 Å². The number of hydrogen-bond donors (Lipinski definition) is 3. The van der Waals surface area contributed by atoms with E-state index in [1.54, 1.807) is 6.07 Å². The zero-order chi connectivity index (χ0) is 15.3. The van der Waals surface area contributed by atoms with Crippen LogP contribution >= 0.6 is 11.6 Å². The summed E-state index contributed by atoms with van der Waals surface area (Å²) in [6.07, 6.45) is -0.295. The first-order valence-corrected chi connectivity index (χ1v) is 7.23. The van der Waals surface area contributed by atoms with Crippen LogP contribution in [0.2, 0.25) is 5.02 Å². The quantitative estimate of drug-likeness (QED) is 0.693. The van der Waals surface area contributed by atoms with E-state index in [4.69, 9.17) is 27.1 Å². The van der Waals surface area contributed by atoms with E-state index >= 15 is 0 Å². The van der Waals surface area contributed by atoms with Crippen LogP contribution in [0.15, 0.2) is 23.1 Å². The van der Waals surface area contributed by atoms with Gasteiger partial charge in [0.25, 0.3) is 0 Å².